The standard InChI is InChI=1S/C20H32N4O3/c1-20(2,3)17-6-7-18(23-22-17)27-14-15-8-10-24(11-9-15)19(25)21-13-16-5-4-12-26-16/h6-7,15-16H,4-5,8-14H2,1-3H3,(H,21,25). The summed E-state index contributed by atoms with van der Waals surface area (Å²) < 4.78 is 11.4. The Bertz CT molecular complexity index is 601. The van der Waals surface area contributed by atoms with Crippen LogP contribution in [0.2, 0.25) is 0 Å². The topological polar surface area (TPSA) is 76.6 Å². The molecule has 0 spiro atoms. The highest BCUT2D eigenvalue weighted by molar-refractivity contribution is 5.74. The summed E-state index contributed by atoms with van der Waals surface area (Å²) in [5.74, 6) is 1.01. The van der Waals surface area contributed by atoms with Crippen molar-refractivity contribution in [1.82, 2.24) is 20.4 Å². The summed E-state index contributed by atoms with van der Waals surface area (Å²) in [4.78, 5) is 14.2. The number of hydrogen-bond acceptors (Lipinski definition) is 5. The molecule has 1 unspecified atom stereocenters. The van der Waals surface area contributed by atoms with Gasteiger partial charge in [-0.1, -0.05) is 20.8 Å². The summed E-state index contributed by atoms with van der Waals surface area (Å²) >= 11 is 0. The van der Waals surface area contributed by atoms with Crippen LogP contribution in [0, 0.1) is 5.92 Å². The number of nitrogens with one attached hydrogen (secondary N) is 1. The first kappa shape index (κ1) is 19.9. The van der Waals surface area contributed by atoms with Gasteiger partial charge in [0.1, 0.15) is 0 Å². The van der Waals surface area contributed by atoms with Crippen LogP contribution in [0.25, 0.3) is 0 Å². The van der Waals surface area contributed by atoms with Gasteiger partial charge in [-0.3, -0.25) is 0 Å². The number of carbonyl (C=O) groups excluding carboxylic acids is 1. The Balaban J connectivity index is 1.36. The first-order valence-electron chi connectivity index (χ1n) is 10.0. The molecule has 150 valence electrons. The second kappa shape index (κ2) is 8.87. The number of urea groups is 1. The van der Waals surface area contributed by atoms with Crippen molar-refractivity contribution in [3.63, 3.8) is 0 Å². The molecule has 2 aliphatic heterocycles. The number of amides is 2. The number of piperidine rings is 1. The van der Waals surface area contributed by atoms with Crippen molar-refractivity contribution in [3.8, 4) is 5.88 Å². The van der Waals surface area contributed by atoms with E-state index in [1.165, 1.54) is 0 Å². The molecule has 2 fully saturated rings. The van der Waals surface area contributed by atoms with Gasteiger partial charge in [0.05, 0.1) is 18.4 Å². The van der Waals surface area contributed by atoms with Gasteiger partial charge >= 0.3 is 6.03 Å². The lowest BCUT2D eigenvalue weighted by atomic mass is 9.92. The number of ether oxygens (including phenoxy) is 2. The summed E-state index contributed by atoms with van der Waals surface area (Å²) in [7, 11) is 0. The van der Waals surface area contributed by atoms with Gasteiger partial charge in [0, 0.05) is 37.7 Å². The van der Waals surface area contributed by atoms with Crippen molar-refractivity contribution in [2.75, 3.05) is 32.8 Å². The highest BCUT2D eigenvalue weighted by atomic mass is 16.5. The molecule has 7 heteroatoms. The van der Waals surface area contributed by atoms with Crippen molar-refractivity contribution in [2.24, 2.45) is 5.92 Å². The second-order valence-corrected chi connectivity index (χ2v) is 8.57. The van der Waals surface area contributed by atoms with E-state index in [-0.39, 0.29) is 17.6 Å². The Kier molecular flexibility index (Phi) is 6.52. The van der Waals surface area contributed by atoms with Crippen LogP contribution in [0.3, 0.4) is 0 Å². The lowest BCUT2D eigenvalue weighted by Gasteiger charge is -2.32. The van der Waals surface area contributed by atoms with Gasteiger partial charge in [0.2, 0.25) is 5.88 Å². The Morgan fingerprint density at radius 3 is 2.63 bits per heavy atom. The molecule has 1 aromatic heterocycles. The van der Waals surface area contributed by atoms with E-state index in [1.807, 2.05) is 17.0 Å². The van der Waals surface area contributed by atoms with E-state index in [4.69, 9.17) is 9.47 Å². The largest absolute Gasteiger partial charge is 0.476 e. The molecule has 7 nitrogen and oxygen atoms in total. The molecule has 3 rings (SSSR count). The van der Waals surface area contributed by atoms with Crippen LogP contribution in [-0.4, -0.2) is 60.1 Å². The fraction of sp³-hybridized carbons (Fsp3) is 0.750. The van der Waals surface area contributed by atoms with Gasteiger partial charge < -0.3 is 19.7 Å². The van der Waals surface area contributed by atoms with Crippen LogP contribution in [0.5, 0.6) is 5.88 Å². The van der Waals surface area contributed by atoms with Gasteiger partial charge in [0.25, 0.3) is 0 Å². The zero-order valence-corrected chi connectivity index (χ0v) is 16.7. The van der Waals surface area contributed by atoms with E-state index < -0.39 is 0 Å². The van der Waals surface area contributed by atoms with Gasteiger partial charge in [0.15, 0.2) is 0 Å². The van der Waals surface area contributed by atoms with E-state index in [0.717, 1.165) is 51.1 Å². The van der Waals surface area contributed by atoms with Crippen molar-refractivity contribution < 1.29 is 14.3 Å². The average Bonchev–Trinajstić information content (AvgIpc) is 3.18. The summed E-state index contributed by atoms with van der Waals surface area (Å²) in [6.07, 6.45) is 4.21. The van der Waals surface area contributed by atoms with E-state index in [1.54, 1.807) is 0 Å². The highest BCUT2D eigenvalue weighted by Crippen LogP contribution is 2.22. The Morgan fingerprint density at radius 1 is 1.26 bits per heavy atom. The minimum Gasteiger partial charge on any atom is -0.476 e. The Hall–Kier alpha value is -1.89. The van der Waals surface area contributed by atoms with Gasteiger partial charge in [-0.05, 0) is 37.7 Å². The minimum atomic E-state index is -0.0111. The van der Waals surface area contributed by atoms with E-state index >= 15 is 0 Å². The van der Waals surface area contributed by atoms with E-state index in [9.17, 15) is 4.79 Å². The summed E-state index contributed by atoms with van der Waals surface area (Å²) in [5.41, 5.74) is 0.945. The van der Waals surface area contributed by atoms with Gasteiger partial charge in [-0.15, -0.1) is 5.10 Å². The lowest BCUT2D eigenvalue weighted by Crippen LogP contribution is -2.46. The maximum absolute atomic E-state index is 12.3. The Morgan fingerprint density at radius 2 is 2.04 bits per heavy atom. The number of rotatable bonds is 5. The maximum atomic E-state index is 12.3. The monoisotopic (exact) mass is 376 g/mol. The number of carbonyl (C=O) groups is 1. The molecule has 0 saturated carbocycles. The van der Waals surface area contributed by atoms with E-state index in [0.29, 0.717) is 24.9 Å². The Labute approximate surface area is 161 Å². The molecule has 1 aromatic rings. The number of likely N-dealkylation sites (tertiary alicyclic amines) is 1. The summed E-state index contributed by atoms with van der Waals surface area (Å²) in [6, 6.07) is 3.89. The fourth-order valence-corrected chi connectivity index (χ4v) is 3.42. The molecule has 0 bridgehead atoms. The number of nitrogens with zero attached hydrogens (tertiary/aromatic N) is 3. The van der Waals surface area contributed by atoms with Crippen LogP contribution in [0.1, 0.15) is 52.1 Å². The minimum absolute atomic E-state index is 0.0111. The number of aromatic nitrogens is 2. The molecule has 0 aromatic carbocycles. The third-order valence-electron chi connectivity index (χ3n) is 5.28. The molecule has 1 N–H and O–H groups in total. The number of hydrogen-bond donors (Lipinski definition) is 1. The van der Waals surface area contributed by atoms with Gasteiger partial charge in [-0.2, -0.15) is 5.10 Å². The van der Waals surface area contributed by atoms with Crippen LogP contribution in [0.4, 0.5) is 4.79 Å². The average molecular weight is 377 g/mol. The van der Waals surface area contributed by atoms with Crippen molar-refractivity contribution in [1.29, 1.82) is 0 Å². The molecule has 2 saturated heterocycles. The zero-order valence-electron chi connectivity index (χ0n) is 16.7. The van der Waals surface area contributed by atoms with Crippen LogP contribution < -0.4 is 10.1 Å². The van der Waals surface area contributed by atoms with Crippen LogP contribution in [0.15, 0.2) is 12.1 Å². The molecular formula is C20H32N4O3. The fourth-order valence-electron chi connectivity index (χ4n) is 3.42. The summed E-state index contributed by atoms with van der Waals surface area (Å²) in [5, 5.41) is 11.4. The van der Waals surface area contributed by atoms with Crippen LogP contribution in [-0.2, 0) is 10.2 Å². The lowest BCUT2D eigenvalue weighted by molar-refractivity contribution is 0.105. The molecule has 1 atom stereocenters. The molecule has 3 heterocycles. The quantitative estimate of drug-likeness (QED) is 0.855. The molecular weight excluding hydrogens is 344 g/mol. The predicted octanol–water partition coefficient (Wildman–Crippen LogP) is 2.75. The maximum Gasteiger partial charge on any atom is 0.317 e. The third kappa shape index (κ3) is 5.79. The predicted molar refractivity (Wildman–Crippen MR) is 103 cm³/mol. The van der Waals surface area contributed by atoms with Crippen molar-refractivity contribution in [3.05, 3.63) is 17.8 Å². The molecule has 2 amide bonds. The third-order valence-corrected chi connectivity index (χ3v) is 5.28. The normalized spacial score (nSPS) is 21.3. The smallest absolute Gasteiger partial charge is 0.317 e. The molecule has 2 aliphatic rings. The zero-order chi connectivity index (χ0) is 19.3. The van der Waals surface area contributed by atoms with E-state index in [2.05, 4.69) is 36.3 Å². The second-order valence-electron chi connectivity index (χ2n) is 8.57. The SMILES string of the molecule is CC(C)(C)c1ccc(OCC2CCN(C(=O)NCC3CCCO3)CC2)nn1. The van der Waals surface area contributed by atoms with Gasteiger partial charge in [-0.25, -0.2) is 4.79 Å². The summed E-state index contributed by atoms with van der Waals surface area (Å²) in [6.45, 7) is 9.92. The van der Waals surface area contributed by atoms with Crippen molar-refractivity contribution in [2.45, 2.75) is 58.0 Å². The van der Waals surface area contributed by atoms with Crippen molar-refractivity contribution >= 4 is 6.03 Å². The first-order valence-corrected chi connectivity index (χ1v) is 10.0. The molecule has 0 aliphatic carbocycles. The van der Waals surface area contributed by atoms with Crippen LogP contribution >= 0.6 is 0 Å². The molecule has 27 heavy (non-hydrogen) atoms. The first-order chi connectivity index (χ1) is 12.9. The highest BCUT2D eigenvalue weighted by Gasteiger charge is 2.24. The molecule has 0 radical (unpaired) electrons.